The van der Waals surface area contributed by atoms with Crippen molar-refractivity contribution in [3.05, 3.63) is 59.2 Å². The first-order valence-electron chi connectivity index (χ1n) is 8.17. The number of anilines is 1. The van der Waals surface area contributed by atoms with Crippen LogP contribution in [0.25, 0.3) is 11.5 Å². The summed E-state index contributed by atoms with van der Waals surface area (Å²) in [5.74, 6) is -2.02. The molecular weight excluding hydrogens is 372 g/mol. The van der Waals surface area contributed by atoms with Gasteiger partial charge in [-0.25, -0.2) is 8.78 Å². The summed E-state index contributed by atoms with van der Waals surface area (Å²) in [7, 11) is 0. The number of carbonyl (C=O) groups excluding carboxylic acids is 1. The van der Waals surface area contributed by atoms with E-state index in [4.69, 9.17) is 4.42 Å². The van der Waals surface area contributed by atoms with E-state index in [2.05, 4.69) is 15.5 Å². The third kappa shape index (κ3) is 4.51. The standard InChI is InChI=1S/C19H17F2N3O2S/c1-10-4-5-13(8-11(10)2)18-23-24-19(26-18)27-12(3)17(25)22-14-6-7-15(20)16(21)9-14/h4-9,12H,1-3H3,(H,22,25)/t12-/m0/s1. The number of aryl methyl sites for hydroxylation is 2. The highest BCUT2D eigenvalue weighted by Gasteiger charge is 2.19. The first kappa shape index (κ1) is 19.0. The molecule has 0 aliphatic rings. The maximum absolute atomic E-state index is 13.2. The predicted octanol–water partition coefficient (Wildman–Crippen LogP) is 4.75. The molecule has 0 fully saturated rings. The molecule has 0 unspecified atom stereocenters. The molecule has 1 atom stereocenters. The van der Waals surface area contributed by atoms with E-state index in [1.165, 1.54) is 6.07 Å². The van der Waals surface area contributed by atoms with Crippen LogP contribution in [0.2, 0.25) is 0 Å². The molecule has 5 nitrogen and oxygen atoms in total. The van der Waals surface area contributed by atoms with Crippen molar-refractivity contribution >= 4 is 23.4 Å². The van der Waals surface area contributed by atoms with E-state index < -0.39 is 22.8 Å². The van der Waals surface area contributed by atoms with Crippen molar-refractivity contribution in [3.8, 4) is 11.5 Å². The summed E-state index contributed by atoms with van der Waals surface area (Å²) in [5.41, 5.74) is 3.25. The summed E-state index contributed by atoms with van der Waals surface area (Å²) in [6, 6.07) is 8.99. The number of carbonyl (C=O) groups is 1. The van der Waals surface area contributed by atoms with Gasteiger partial charge in [-0.15, -0.1) is 10.2 Å². The van der Waals surface area contributed by atoms with E-state index in [0.29, 0.717) is 5.89 Å². The van der Waals surface area contributed by atoms with Crippen LogP contribution in [-0.2, 0) is 4.79 Å². The summed E-state index contributed by atoms with van der Waals surface area (Å²) in [6.07, 6.45) is 0. The molecule has 1 aromatic heterocycles. The van der Waals surface area contributed by atoms with Crippen LogP contribution in [0.3, 0.4) is 0 Å². The first-order chi connectivity index (χ1) is 12.8. The first-order valence-corrected chi connectivity index (χ1v) is 9.05. The second-order valence-electron chi connectivity index (χ2n) is 6.05. The Morgan fingerprint density at radius 2 is 1.85 bits per heavy atom. The summed E-state index contributed by atoms with van der Waals surface area (Å²) in [6.45, 7) is 5.66. The van der Waals surface area contributed by atoms with Gasteiger partial charge in [0.15, 0.2) is 11.6 Å². The van der Waals surface area contributed by atoms with Crippen LogP contribution in [0.5, 0.6) is 0 Å². The summed E-state index contributed by atoms with van der Waals surface area (Å²) >= 11 is 1.08. The Labute approximate surface area is 159 Å². The van der Waals surface area contributed by atoms with Crippen molar-refractivity contribution in [2.45, 2.75) is 31.2 Å². The van der Waals surface area contributed by atoms with Gasteiger partial charge in [0.2, 0.25) is 11.8 Å². The van der Waals surface area contributed by atoms with Gasteiger partial charge in [0.05, 0.1) is 5.25 Å². The molecule has 8 heteroatoms. The van der Waals surface area contributed by atoms with Gasteiger partial charge in [0, 0.05) is 17.3 Å². The number of amides is 1. The lowest BCUT2D eigenvalue weighted by Crippen LogP contribution is -2.22. The molecule has 140 valence electrons. The van der Waals surface area contributed by atoms with E-state index in [1.807, 2.05) is 32.0 Å². The molecule has 0 saturated carbocycles. The SMILES string of the molecule is Cc1ccc(-c2nnc(S[C@@H](C)C(=O)Nc3ccc(F)c(F)c3)o2)cc1C. The van der Waals surface area contributed by atoms with E-state index in [0.717, 1.165) is 40.6 Å². The van der Waals surface area contributed by atoms with Crippen molar-refractivity contribution in [2.24, 2.45) is 0 Å². The second kappa shape index (κ2) is 7.87. The molecule has 3 aromatic rings. The Kier molecular flexibility index (Phi) is 5.55. The molecule has 0 aliphatic carbocycles. The minimum absolute atomic E-state index is 0.174. The van der Waals surface area contributed by atoms with Crippen molar-refractivity contribution in [1.29, 1.82) is 0 Å². The second-order valence-corrected chi connectivity index (χ2v) is 7.34. The minimum Gasteiger partial charge on any atom is -0.411 e. The smallest absolute Gasteiger partial charge is 0.277 e. The van der Waals surface area contributed by atoms with Crippen LogP contribution in [0.1, 0.15) is 18.1 Å². The van der Waals surface area contributed by atoms with E-state index in [1.54, 1.807) is 6.92 Å². The van der Waals surface area contributed by atoms with Crippen LogP contribution >= 0.6 is 11.8 Å². The maximum Gasteiger partial charge on any atom is 0.277 e. The number of aromatic nitrogens is 2. The maximum atomic E-state index is 13.2. The highest BCUT2D eigenvalue weighted by atomic mass is 32.2. The molecule has 0 spiro atoms. The van der Waals surface area contributed by atoms with E-state index >= 15 is 0 Å². The third-order valence-electron chi connectivity index (χ3n) is 3.99. The average Bonchev–Trinajstić information content (AvgIpc) is 3.09. The van der Waals surface area contributed by atoms with Crippen molar-refractivity contribution in [2.75, 3.05) is 5.32 Å². The molecule has 1 N–H and O–H groups in total. The van der Waals surface area contributed by atoms with Gasteiger partial charge in [-0.3, -0.25) is 4.79 Å². The Balaban J connectivity index is 1.66. The Morgan fingerprint density at radius 3 is 2.56 bits per heavy atom. The normalized spacial score (nSPS) is 12.0. The highest BCUT2D eigenvalue weighted by Crippen LogP contribution is 2.27. The highest BCUT2D eigenvalue weighted by molar-refractivity contribution is 8.00. The molecule has 27 heavy (non-hydrogen) atoms. The van der Waals surface area contributed by atoms with E-state index in [9.17, 15) is 13.6 Å². The molecule has 0 bridgehead atoms. The quantitative estimate of drug-likeness (QED) is 0.638. The number of thioether (sulfide) groups is 1. The average molecular weight is 389 g/mol. The summed E-state index contributed by atoms with van der Waals surface area (Å²) in [4.78, 5) is 12.2. The summed E-state index contributed by atoms with van der Waals surface area (Å²) in [5, 5.41) is 10.2. The van der Waals surface area contributed by atoms with Gasteiger partial charge in [0.1, 0.15) is 0 Å². The molecule has 3 rings (SSSR count). The number of rotatable bonds is 5. The molecule has 1 heterocycles. The topological polar surface area (TPSA) is 68.0 Å². The fourth-order valence-corrected chi connectivity index (χ4v) is 2.95. The minimum atomic E-state index is -1.02. The van der Waals surface area contributed by atoms with Crippen LogP contribution in [0, 0.1) is 25.5 Å². The van der Waals surface area contributed by atoms with Crippen LogP contribution in [0.4, 0.5) is 14.5 Å². The lowest BCUT2D eigenvalue weighted by atomic mass is 10.1. The molecule has 2 aromatic carbocycles. The fraction of sp³-hybridized carbons (Fsp3) is 0.211. The number of nitrogens with one attached hydrogen (secondary N) is 1. The fourth-order valence-electron chi connectivity index (χ4n) is 2.27. The van der Waals surface area contributed by atoms with Crippen molar-refractivity contribution in [1.82, 2.24) is 10.2 Å². The number of halogens is 2. The van der Waals surface area contributed by atoms with Gasteiger partial charge in [-0.1, -0.05) is 17.8 Å². The van der Waals surface area contributed by atoms with E-state index in [-0.39, 0.29) is 10.9 Å². The lowest BCUT2D eigenvalue weighted by molar-refractivity contribution is -0.115. The van der Waals surface area contributed by atoms with Gasteiger partial charge in [-0.2, -0.15) is 0 Å². The van der Waals surface area contributed by atoms with Gasteiger partial charge in [-0.05, 0) is 56.2 Å². The zero-order chi connectivity index (χ0) is 19.6. The molecular formula is C19H17F2N3O2S. The largest absolute Gasteiger partial charge is 0.411 e. The Bertz CT molecular complexity index is 991. The number of benzene rings is 2. The van der Waals surface area contributed by atoms with Crippen LogP contribution < -0.4 is 5.32 Å². The monoisotopic (exact) mass is 389 g/mol. The molecule has 0 radical (unpaired) electrons. The third-order valence-corrected chi connectivity index (χ3v) is 4.93. The zero-order valence-corrected chi connectivity index (χ0v) is 15.7. The predicted molar refractivity (Wildman–Crippen MR) is 99.5 cm³/mol. The van der Waals surface area contributed by atoms with Gasteiger partial charge >= 0.3 is 0 Å². The summed E-state index contributed by atoms with van der Waals surface area (Å²) < 4.78 is 31.8. The lowest BCUT2D eigenvalue weighted by Gasteiger charge is -2.10. The van der Waals surface area contributed by atoms with Gasteiger partial charge < -0.3 is 9.73 Å². The molecule has 0 aliphatic heterocycles. The number of nitrogens with zero attached hydrogens (tertiary/aromatic N) is 2. The van der Waals surface area contributed by atoms with Crippen molar-refractivity contribution < 1.29 is 18.0 Å². The Morgan fingerprint density at radius 1 is 1.07 bits per heavy atom. The number of hydrogen-bond donors (Lipinski definition) is 1. The molecule has 0 saturated heterocycles. The van der Waals surface area contributed by atoms with Crippen LogP contribution in [-0.4, -0.2) is 21.4 Å². The zero-order valence-electron chi connectivity index (χ0n) is 14.9. The Hall–Kier alpha value is -2.74. The van der Waals surface area contributed by atoms with Crippen LogP contribution in [0.15, 0.2) is 46.0 Å². The van der Waals surface area contributed by atoms with Gasteiger partial charge in [0.25, 0.3) is 5.22 Å². The van der Waals surface area contributed by atoms with Crippen molar-refractivity contribution in [3.63, 3.8) is 0 Å². The molecule has 1 amide bonds. The number of hydrogen-bond acceptors (Lipinski definition) is 5.